The molecule has 0 unspecified atom stereocenters. The Labute approximate surface area is 120 Å². The molecule has 1 aliphatic rings. The maximum atomic E-state index is 12.9. The molecular weight excluding hydrogens is 248 g/mol. The number of nitrogens with one attached hydrogen (secondary N) is 1. The standard InChI is InChI=1S/C17H22N2O/c1-11-4-5-14-15(10-11)19(3)12(2)16(14)17(20)13-6-8-18-9-7-13/h4-5,10,13,18H,6-9H2,1-3H3. The first kappa shape index (κ1) is 13.4. The number of hydrogen-bond donors (Lipinski definition) is 1. The number of rotatable bonds is 2. The molecule has 1 N–H and O–H groups in total. The van der Waals surface area contributed by atoms with E-state index in [0.717, 1.165) is 42.6 Å². The molecule has 2 heterocycles. The van der Waals surface area contributed by atoms with Gasteiger partial charge in [-0.05, 0) is 51.4 Å². The number of ketones is 1. The highest BCUT2D eigenvalue weighted by atomic mass is 16.1. The van der Waals surface area contributed by atoms with Crippen molar-refractivity contribution in [3.63, 3.8) is 0 Å². The van der Waals surface area contributed by atoms with Gasteiger partial charge in [0, 0.05) is 35.1 Å². The second kappa shape index (κ2) is 5.06. The van der Waals surface area contributed by atoms with Crippen molar-refractivity contribution in [2.45, 2.75) is 26.7 Å². The molecule has 2 aromatic rings. The molecule has 0 amide bonds. The van der Waals surface area contributed by atoms with E-state index in [1.807, 2.05) is 0 Å². The Bertz CT molecular complexity index is 663. The third-order valence-electron chi connectivity index (χ3n) is 4.61. The summed E-state index contributed by atoms with van der Waals surface area (Å²) in [7, 11) is 2.05. The summed E-state index contributed by atoms with van der Waals surface area (Å²) in [6.07, 6.45) is 1.92. The third-order valence-corrected chi connectivity index (χ3v) is 4.61. The SMILES string of the molecule is Cc1ccc2c(C(=O)C3CCNCC3)c(C)n(C)c2c1. The Balaban J connectivity index is 2.11. The van der Waals surface area contributed by atoms with E-state index in [-0.39, 0.29) is 5.92 Å². The van der Waals surface area contributed by atoms with Gasteiger partial charge in [-0.15, -0.1) is 0 Å². The topological polar surface area (TPSA) is 34.0 Å². The van der Waals surface area contributed by atoms with Crippen LogP contribution in [-0.2, 0) is 7.05 Å². The first-order valence-corrected chi connectivity index (χ1v) is 7.40. The summed E-state index contributed by atoms with van der Waals surface area (Å²) in [6, 6.07) is 6.37. The zero-order valence-electron chi connectivity index (χ0n) is 12.5. The summed E-state index contributed by atoms with van der Waals surface area (Å²) in [5.41, 5.74) is 4.43. The molecule has 1 aromatic carbocycles. The lowest BCUT2D eigenvalue weighted by Crippen LogP contribution is -2.32. The van der Waals surface area contributed by atoms with E-state index in [1.54, 1.807) is 0 Å². The average Bonchev–Trinajstić information content (AvgIpc) is 2.71. The zero-order chi connectivity index (χ0) is 14.3. The molecule has 0 saturated carbocycles. The molecule has 3 heteroatoms. The van der Waals surface area contributed by atoms with Gasteiger partial charge in [-0.2, -0.15) is 0 Å². The number of aryl methyl sites for hydroxylation is 2. The molecule has 0 spiro atoms. The monoisotopic (exact) mass is 270 g/mol. The first-order valence-electron chi connectivity index (χ1n) is 7.40. The highest BCUT2D eigenvalue weighted by Crippen LogP contribution is 2.30. The highest BCUT2D eigenvalue weighted by molar-refractivity contribution is 6.10. The number of carbonyl (C=O) groups is 1. The molecular formula is C17H22N2O. The van der Waals surface area contributed by atoms with Crippen LogP contribution in [0.4, 0.5) is 0 Å². The van der Waals surface area contributed by atoms with E-state index >= 15 is 0 Å². The van der Waals surface area contributed by atoms with E-state index in [0.29, 0.717) is 5.78 Å². The predicted molar refractivity (Wildman–Crippen MR) is 82.3 cm³/mol. The van der Waals surface area contributed by atoms with Crippen molar-refractivity contribution < 1.29 is 4.79 Å². The van der Waals surface area contributed by atoms with Crippen LogP contribution in [-0.4, -0.2) is 23.4 Å². The fraction of sp³-hybridized carbons (Fsp3) is 0.471. The number of carbonyl (C=O) groups excluding carboxylic acids is 1. The number of hydrogen-bond acceptors (Lipinski definition) is 2. The number of nitrogens with zero attached hydrogens (tertiary/aromatic N) is 1. The number of Topliss-reactive ketones (excluding diaryl/α,β-unsaturated/α-hetero) is 1. The third kappa shape index (κ3) is 2.06. The second-order valence-electron chi connectivity index (χ2n) is 5.93. The minimum Gasteiger partial charge on any atom is -0.347 e. The number of aromatic nitrogens is 1. The molecule has 20 heavy (non-hydrogen) atoms. The van der Waals surface area contributed by atoms with Gasteiger partial charge in [0.15, 0.2) is 5.78 Å². The number of piperidine rings is 1. The van der Waals surface area contributed by atoms with Gasteiger partial charge in [-0.3, -0.25) is 4.79 Å². The van der Waals surface area contributed by atoms with Crippen LogP contribution in [0.5, 0.6) is 0 Å². The Morgan fingerprint density at radius 3 is 2.65 bits per heavy atom. The van der Waals surface area contributed by atoms with Gasteiger partial charge in [0.05, 0.1) is 0 Å². The van der Waals surface area contributed by atoms with Crippen molar-refractivity contribution in [2.75, 3.05) is 13.1 Å². The molecule has 0 bridgehead atoms. The van der Waals surface area contributed by atoms with Gasteiger partial charge in [0.1, 0.15) is 0 Å². The summed E-state index contributed by atoms with van der Waals surface area (Å²) in [5.74, 6) is 0.514. The summed E-state index contributed by atoms with van der Waals surface area (Å²) >= 11 is 0. The van der Waals surface area contributed by atoms with Crippen LogP contribution in [0.25, 0.3) is 10.9 Å². The Morgan fingerprint density at radius 2 is 1.95 bits per heavy atom. The fourth-order valence-electron chi connectivity index (χ4n) is 3.27. The lowest BCUT2D eigenvalue weighted by Gasteiger charge is -2.21. The van der Waals surface area contributed by atoms with Crippen LogP contribution in [0.1, 0.15) is 34.5 Å². The van der Waals surface area contributed by atoms with Gasteiger partial charge in [0.2, 0.25) is 0 Å². The quantitative estimate of drug-likeness (QED) is 0.851. The lowest BCUT2D eigenvalue weighted by molar-refractivity contribution is 0.0896. The maximum Gasteiger partial charge on any atom is 0.168 e. The first-order chi connectivity index (χ1) is 9.59. The summed E-state index contributed by atoms with van der Waals surface area (Å²) in [4.78, 5) is 12.9. The Hall–Kier alpha value is -1.61. The van der Waals surface area contributed by atoms with E-state index in [4.69, 9.17) is 0 Å². The molecule has 0 radical (unpaired) electrons. The normalized spacial score (nSPS) is 16.8. The molecule has 0 atom stereocenters. The minimum atomic E-state index is 0.182. The second-order valence-corrected chi connectivity index (χ2v) is 5.93. The molecule has 0 aliphatic carbocycles. The minimum absolute atomic E-state index is 0.182. The summed E-state index contributed by atoms with van der Waals surface area (Å²) in [5, 5.41) is 4.44. The van der Waals surface area contributed by atoms with Crippen LogP contribution in [0, 0.1) is 19.8 Å². The molecule has 106 valence electrons. The van der Waals surface area contributed by atoms with Crippen molar-refractivity contribution in [1.29, 1.82) is 0 Å². The van der Waals surface area contributed by atoms with Gasteiger partial charge in [0.25, 0.3) is 0 Å². The smallest absolute Gasteiger partial charge is 0.168 e. The summed E-state index contributed by atoms with van der Waals surface area (Å²) < 4.78 is 2.15. The highest BCUT2D eigenvalue weighted by Gasteiger charge is 2.26. The van der Waals surface area contributed by atoms with Crippen LogP contribution >= 0.6 is 0 Å². The molecule has 1 saturated heterocycles. The van der Waals surface area contributed by atoms with Gasteiger partial charge >= 0.3 is 0 Å². The van der Waals surface area contributed by atoms with Gasteiger partial charge in [-0.1, -0.05) is 12.1 Å². The molecule has 1 fully saturated rings. The van der Waals surface area contributed by atoms with Gasteiger partial charge in [-0.25, -0.2) is 0 Å². The van der Waals surface area contributed by atoms with Crippen LogP contribution in [0.3, 0.4) is 0 Å². The van der Waals surface area contributed by atoms with Crippen LogP contribution in [0.15, 0.2) is 18.2 Å². The van der Waals surface area contributed by atoms with Crippen LogP contribution in [0.2, 0.25) is 0 Å². The van der Waals surface area contributed by atoms with Crippen LogP contribution < -0.4 is 5.32 Å². The fourth-order valence-corrected chi connectivity index (χ4v) is 3.27. The Kier molecular flexibility index (Phi) is 3.38. The lowest BCUT2D eigenvalue weighted by atomic mass is 9.88. The number of benzene rings is 1. The number of fused-ring (bicyclic) bond motifs is 1. The molecule has 1 aliphatic heterocycles. The largest absolute Gasteiger partial charge is 0.347 e. The van der Waals surface area contributed by atoms with Crippen molar-refractivity contribution in [3.8, 4) is 0 Å². The molecule has 3 nitrogen and oxygen atoms in total. The summed E-state index contributed by atoms with van der Waals surface area (Å²) in [6.45, 7) is 6.07. The van der Waals surface area contributed by atoms with Crippen molar-refractivity contribution in [2.24, 2.45) is 13.0 Å². The van der Waals surface area contributed by atoms with Gasteiger partial charge < -0.3 is 9.88 Å². The molecule has 3 rings (SSSR count). The van der Waals surface area contributed by atoms with Crippen molar-refractivity contribution in [1.82, 2.24) is 9.88 Å². The van der Waals surface area contributed by atoms with Crippen molar-refractivity contribution in [3.05, 3.63) is 35.0 Å². The van der Waals surface area contributed by atoms with E-state index in [9.17, 15) is 4.79 Å². The van der Waals surface area contributed by atoms with E-state index in [1.165, 1.54) is 11.1 Å². The van der Waals surface area contributed by atoms with E-state index < -0.39 is 0 Å². The maximum absolute atomic E-state index is 12.9. The average molecular weight is 270 g/mol. The predicted octanol–water partition coefficient (Wildman–Crippen LogP) is 2.98. The zero-order valence-corrected chi connectivity index (χ0v) is 12.5. The van der Waals surface area contributed by atoms with E-state index in [2.05, 4.69) is 49.0 Å². The molecule has 1 aromatic heterocycles. The Morgan fingerprint density at radius 1 is 1.25 bits per heavy atom. The van der Waals surface area contributed by atoms with Crippen molar-refractivity contribution >= 4 is 16.7 Å².